The average molecular weight is 315 g/mol. The van der Waals surface area contributed by atoms with E-state index in [1.165, 1.54) is 0 Å². The van der Waals surface area contributed by atoms with Crippen LogP contribution in [0.15, 0.2) is 23.1 Å². The van der Waals surface area contributed by atoms with Gasteiger partial charge in [0.2, 0.25) is 10.0 Å². The maximum Gasteiger partial charge on any atom is 0.240 e. The van der Waals surface area contributed by atoms with Gasteiger partial charge in [-0.1, -0.05) is 6.07 Å². The highest BCUT2D eigenvalue weighted by atomic mass is 32.2. The van der Waals surface area contributed by atoms with Gasteiger partial charge >= 0.3 is 0 Å². The van der Waals surface area contributed by atoms with E-state index in [2.05, 4.69) is 4.72 Å². The zero-order chi connectivity index (χ0) is 15.9. The van der Waals surface area contributed by atoms with Crippen LogP contribution < -0.4 is 10.5 Å². The second kappa shape index (κ2) is 8.45. The van der Waals surface area contributed by atoms with Crippen LogP contribution in [-0.4, -0.2) is 53.7 Å². The Labute approximate surface area is 127 Å². The van der Waals surface area contributed by atoms with Crippen LogP contribution in [0.4, 0.5) is 0 Å². The van der Waals surface area contributed by atoms with Crippen molar-refractivity contribution >= 4 is 10.0 Å². The summed E-state index contributed by atoms with van der Waals surface area (Å²) >= 11 is 0. The lowest BCUT2D eigenvalue weighted by Gasteiger charge is -2.11. The lowest BCUT2D eigenvalue weighted by atomic mass is 10.1. The molecule has 1 aromatic rings. The summed E-state index contributed by atoms with van der Waals surface area (Å²) in [7, 11) is 0.423. The summed E-state index contributed by atoms with van der Waals surface area (Å²) < 4.78 is 32.1. The molecule has 0 unspecified atom stereocenters. The SMILES string of the molecule is Cc1cc(S(=O)(=O)NCCOCCN(C)C)ccc1CN. The Kier molecular flexibility index (Phi) is 7.27. The Morgan fingerprint density at radius 1 is 1.29 bits per heavy atom. The highest BCUT2D eigenvalue weighted by Crippen LogP contribution is 2.14. The molecule has 0 aliphatic rings. The maximum atomic E-state index is 12.1. The number of benzene rings is 1. The smallest absolute Gasteiger partial charge is 0.240 e. The van der Waals surface area contributed by atoms with Gasteiger partial charge in [-0.2, -0.15) is 0 Å². The molecule has 0 aromatic heterocycles. The molecule has 6 nitrogen and oxygen atoms in total. The molecule has 0 heterocycles. The molecule has 0 atom stereocenters. The lowest BCUT2D eigenvalue weighted by molar-refractivity contribution is 0.122. The summed E-state index contributed by atoms with van der Waals surface area (Å²) in [6.45, 7) is 4.26. The number of sulfonamides is 1. The molecular weight excluding hydrogens is 290 g/mol. The fraction of sp³-hybridized carbons (Fsp3) is 0.571. The summed E-state index contributed by atoms with van der Waals surface area (Å²) in [6, 6.07) is 4.96. The zero-order valence-electron chi connectivity index (χ0n) is 12.9. The molecule has 0 spiro atoms. The molecule has 0 radical (unpaired) electrons. The number of ether oxygens (including phenoxy) is 1. The predicted molar refractivity (Wildman–Crippen MR) is 83.6 cm³/mol. The van der Waals surface area contributed by atoms with Crippen molar-refractivity contribution in [1.82, 2.24) is 9.62 Å². The van der Waals surface area contributed by atoms with Gasteiger partial charge in [-0.3, -0.25) is 0 Å². The van der Waals surface area contributed by atoms with Crippen molar-refractivity contribution in [2.45, 2.75) is 18.4 Å². The van der Waals surface area contributed by atoms with Gasteiger partial charge in [0.15, 0.2) is 0 Å². The Hall–Kier alpha value is -0.990. The van der Waals surface area contributed by atoms with E-state index in [-0.39, 0.29) is 11.4 Å². The molecule has 0 aliphatic carbocycles. The van der Waals surface area contributed by atoms with Crippen molar-refractivity contribution in [3.05, 3.63) is 29.3 Å². The van der Waals surface area contributed by atoms with Crippen LogP contribution in [0.5, 0.6) is 0 Å². The first-order valence-corrected chi connectivity index (χ1v) is 8.37. The molecule has 1 aromatic carbocycles. The van der Waals surface area contributed by atoms with E-state index in [1.54, 1.807) is 18.2 Å². The van der Waals surface area contributed by atoms with Gasteiger partial charge in [-0.05, 0) is 44.3 Å². The molecule has 0 amide bonds. The minimum Gasteiger partial charge on any atom is -0.379 e. The second-order valence-electron chi connectivity index (χ2n) is 5.11. The highest BCUT2D eigenvalue weighted by Gasteiger charge is 2.14. The van der Waals surface area contributed by atoms with Crippen molar-refractivity contribution < 1.29 is 13.2 Å². The number of nitrogens with two attached hydrogens (primary N) is 1. The Morgan fingerprint density at radius 3 is 2.57 bits per heavy atom. The number of nitrogens with one attached hydrogen (secondary N) is 1. The molecular formula is C14H25N3O3S. The normalized spacial score (nSPS) is 12.0. The fourth-order valence-electron chi connectivity index (χ4n) is 1.75. The number of rotatable bonds is 9. The van der Waals surface area contributed by atoms with E-state index in [0.717, 1.165) is 17.7 Å². The van der Waals surface area contributed by atoms with E-state index in [1.807, 2.05) is 25.9 Å². The van der Waals surface area contributed by atoms with Crippen LogP contribution in [0.2, 0.25) is 0 Å². The van der Waals surface area contributed by atoms with Gasteiger partial charge in [0.05, 0.1) is 18.1 Å². The number of hydrogen-bond donors (Lipinski definition) is 2. The average Bonchev–Trinajstić information content (AvgIpc) is 2.42. The van der Waals surface area contributed by atoms with Crippen molar-refractivity contribution in [2.75, 3.05) is 40.4 Å². The molecule has 21 heavy (non-hydrogen) atoms. The summed E-state index contributed by atoms with van der Waals surface area (Å²) in [5, 5.41) is 0. The third-order valence-electron chi connectivity index (χ3n) is 3.07. The summed E-state index contributed by atoms with van der Waals surface area (Å²) in [4.78, 5) is 2.26. The topological polar surface area (TPSA) is 84.7 Å². The van der Waals surface area contributed by atoms with Crippen LogP contribution in [0, 0.1) is 6.92 Å². The van der Waals surface area contributed by atoms with Gasteiger partial charge < -0.3 is 15.4 Å². The number of nitrogens with zero attached hydrogens (tertiary/aromatic N) is 1. The van der Waals surface area contributed by atoms with Gasteiger partial charge in [0, 0.05) is 19.6 Å². The van der Waals surface area contributed by atoms with Crippen molar-refractivity contribution in [1.29, 1.82) is 0 Å². The minimum absolute atomic E-state index is 0.255. The first-order chi connectivity index (χ1) is 9.86. The maximum absolute atomic E-state index is 12.1. The van der Waals surface area contributed by atoms with E-state index in [9.17, 15) is 8.42 Å². The van der Waals surface area contributed by atoms with E-state index in [0.29, 0.717) is 19.8 Å². The molecule has 3 N–H and O–H groups in total. The van der Waals surface area contributed by atoms with Crippen LogP contribution in [0.1, 0.15) is 11.1 Å². The zero-order valence-corrected chi connectivity index (χ0v) is 13.7. The monoisotopic (exact) mass is 315 g/mol. The first-order valence-electron chi connectivity index (χ1n) is 6.88. The molecule has 120 valence electrons. The summed E-state index contributed by atoms with van der Waals surface area (Å²) in [5.74, 6) is 0. The number of hydrogen-bond acceptors (Lipinski definition) is 5. The Bertz CT molecular complexity index is 544. The van der Waals surface area contributed by atoms with E-state index < -0.39 is 10.0 Å². The largest absolute Gasteiger partial charge is 0.379 e. The predicted octanol–water partition coefficient (Wildman–Crippen LogP) is 0.310. The van der Waals surface area contributed by atoms with Crippen LogP contribution in [0.3, 0.4) is 0 Å². The second-order valence-corrected chi connectivity index (χ2v) is 6.87. The third kappa shape index (κ3) is 6.11. The van der Waals surface area contributed by atoms with Crippen molar-refractivity contribution in [3.8, 4) is 0 Å². The standard InChI is InChI=1S/C14H25N3O3S/c1-12-10-14(5-4-13(12)11-15)21(18,19)16-6-8-20-9-7-17(2)3/h4-5,10,16H,6-9,11,15H2,1-3H3. The molecule has 1 rings (SSSR count). The van der Waals surface area contributed by atoms with Crippen molar-refractivity contribution in [2.24, 2.45) is 5.73 Å². The lowest BCUT2D eigenvalue weighted by Crippen LogP contribution is -2.28. The molecule has 0 aliphatic heterocycles. The van der Waals surface area contributed by atoms with E-state index in [4.69, 9.17) is 10.5 Å². The van der Waals surface area contributed by atoms with Crippen LogP contribution in [-0.2, 0) is 21.3 Å². The summed E-state index contributed by atoms with van der Waals surface area (Å²) in [6.07, 6.45) is 0. The van der Waals surface area contributed by atoms with Gasteiger partial charge in [0.25, 0.3) is 0 Å². The summed E-state index contributed by atoms with van der Waals surface area (Å²) in [5.41, 5.74) is 7.40. The number of likely N-dealkylation sites (N-methyl/N-ethyl adjacent to an activating group) is 1. The Balaban J connectivity index is 2.48. The van der Waals surface area contributed by atoms with Gasteiger partial charge in [-0.15, -0.1) is 0 Å². The molecule has 0 fully saturated rings. The van der Waals surface area contributed by atoms with Crippen molar-refractivity contribution in [3.63, 3.8) is 0 Å². The van der Waals surface area contributed by atoms with Crippen LogP contribution in [0.25, 0.3) is 0 Å². The molecule has 0 saturated heterocycles. The van der Waals surface area contributed by atoms with E-state index >= 15 is 0 Å². The Morgan fingerprint density at radius 2 is 2.00 bits per heavy atom. The fourth-order valence-corrected chi connectivity index (χ4v) is 2.84. The minimum atomic E-state index is -3.49. The number of aryl methyl sites for hydroxylation is 1. The third-order valence-corrected chi connectivity index (χ3v) is 4.52. The van der Waals surface area contributed by atoms with Gasteiger partial charge in [0.1, 0.15) is 0 Å². The molecule has 0 bridgehead atoms. The van der Waals surface area contributed by atoms with Crippen LogP contribution >= 0.6 is 0 Å². The molecule has 7 heteroatoms. The van der Waals surface area contributed by atoms with Gasteiger partial charge in [-0.25, -0.2) is 13.1 Å². The quantitative estimate of drug-likeness (QED) is 0.641. The highest BCUT2D eigenvalue weighted by molar-refractivity contribution is 7.89. The molecule has 0 saturated carbocycles. The first kappa shape index (κ1) is 18.1.